The highest BCUT2D eigenvalue weighted by atomic mass is 16.1. The predicted molar refractivity (Wildman–Crippen MR) is 108 cm³/mol. The number of carbonyl (C=O) groups excluding carboxylic acids is 1. The molecule has 146 valence electrons. The first-order valence-corrected chi connectivity index (χ1v) is 9.29. The Morgan fingerprint density at radius 3 is 2.68 bits per heavy atom. The first kappa shape index (κ1) is 19.3. The van der Waals surface area contributed by atoms with Gasteiger partial charge in [-0.15, -0.1) is 0 Å². The van der Waals surface area contributed by atoms with Crippen molar-refractivity contribution in [1.82, 2.24) is 25.3 Å². The summed E-state index contributed by atoms with van der Waals surface area (Å²) >= 11 is 0. The van der Waals surface area contributed by atoms with Crippen LogP contribution in [0.4, 0.5) is 5.69 Å². The maximum Gasteiger partial charge on any atom is 0.264 e. The Morgan fingerprint density at radius 2 is 2.00 bits per heavy atom. The van der Waals surface area contributed by atoms with Crippen molar-refractivity contribution < 1.29 is 4.79 Å². The van der Waals surface area contributed by atoms with Crippen molar-refractivity contribution in [1.29, 1.82) is 0 Å². The Hall–Kier alpha value is -3.42. The van der Waals surface area contributed by atoms with Gasteiger partial charge in [0.1, 0.15) is 0 Å². The number of amides is 1. The lowest BCUT2D eigenvalue weighted by molar-refractivity contribution is 0.0952. The zero-order valence-corrected chi connectivity index (χ0v) is 16.1. The highest BCUT2D eigenvalue weighted by Crippen LogP contribution is 2.13. The van der Waals surface area contributed by atoms with Crippen molar-refractivity contribution >= 4 is 11.6 Å². The lowest BCUT2D eigenvalue weighted by Gasteiger charge is -2.23. The van der Waals surface area contributed by atoms with Crippen LogP contribution in [-0.2, 0) is 0 Å². The van der Waals surface area contributed by atoms with E-state index < -0.39 is 0 Å². The van der Waals surface area contributed by atoms with Crippen molar-refractivity contribution in [2.75, 3.05) is 24.5 Å². The fourth-order valence-electron chi connectivity index (χ4n) is 2.99. The number of hydrogen-bond donors (Lipinski definition) is 2. The van der Waals surface area contributed by atoms with E-state index in [1.54, 1.807) is 13.0 Å². The molecule has 0 atom stereocenters. The van der Waals surface area contributed by atoms with Crippen molar-refractivity contribution in [3.05, 3.63) is 70.3 Å². The smallest absolute Gasteiger partial charge is 0.264 e. The second-order valence-corrected chi connectivity index (χ2v) is 6.36. The molecule has 2 heterocycles. The standard InChI is InChI=1S/C20H24N6O2/c1-3-25(16-8-5-4-6-9-16)13-7-12-21-20(28)17-14-22-26(15(17)2)18-10-11-19(27)24-23-18/h4-6,8-11,14H,3,7,12-13H2,1-2H3,(H,21,28)(H,24,27). The van der Waals surface area contributed by atoms with E-state index in [-0.39, 0.29) is 11.5 Å². The van der Waals surface area contributed by atoms with E-state index in [1.807, 2.05) is 18.2 Å². The Labute approximate surface area is 163 Å². The van der Waals surface area contributed by atoms with E-state index in [0.29, 0.717) is 23.6 Å². The quantitative estimate of drug-likeness (QED) is 0.582. The molecule has 28 heavy (non-hydrogen) atoms. The third-order valence-corrected chi connectivity index (χ3v) is 4.53. The maximum absolute atomic E-state index is 12.5. The third kappa shape index (κ3) is 4.46. The van der Waals surface area contributed by atoms with Gasteiger partial charge in [-0.2, -0.15) is 10.2 Å². The monoisotopic (exact) mass is 380 g/mol. The second-order valence-electron chi connectivity index (χ2n) is 6.36. The summed E-state index contributed by atoms with van der Waals surface area (Å²) in [4.78, 5) is 25.9. The van der Waals surface area contributed by atoms with Gasteiger partial charge in [-0.3, -0.25) is 9.59 Å². The lowest BCUT2D eigenvalue weighted by atomic mass is 10.2. The molecule has 0 spiro atoms. The second kappa shape index (κ2) is 8.98. The molecule has 0 unspecified atom stereocenters. The SMILES string of the molecule is CCN(CCCNC(=O)c1cnn(-c2ccc(=O)[nH]n2)c1C)c1ccccc1. The fourth-order valence-corrected chi connectivity index (χ4v) is 2.99. The number of benzene rings is 1. The number of aromatic nitrogens is 4. The summed E-state index contributed by atoms with van der Waals surface area (Å²) in [5.41, 5.74) is 2.05. The fraction of sp³-hybridized carbons (Fsp3) is 0.300. The van der Waals surface area contributed by atoms with Crippen molar-refractivity contribution in [3.63, 3.8) is 0 Å². The number of aromatic amines is 1. The third-order valence-electron chi connectivity index (χ3n) is 4.53. The van der Waals surface area contributed by atoms with Gasteiger partial charge >= 0.3 is 0 Å². The first-order chi connectivity index (χ1) is 13.6. The molecule has 0 saturated carbocycles. The summed E-state index contributed by atoms with van der Waals surface area (Å²) < 4.78 is 1.53. The maximum atomic E-state index is 12.5. The van der Waals surface area contributed by atoms with Crippen LogP contribution in [-0.4, -0.2) is 45.5 Å². The van der Waals surface area contributed by atoms with Crippen LogP contribution in [0.5, 0.6) is 0 Å². The molecule has 8 nitrogen and oxygen atoms in total. The average molecular weight is 380 g/mol. The summed E-state index contributed by atoms with van der Waals surface area (Å²) in [7, 11) is 0. The van der Waals surface area contributed by atoms with E-state index >= 15 is 0 Å². The summed E-state index contributed by atoms with van der Waals surface area (Å²) in [5.74, 6) is 0.286. The number of H-pyrrole nitrogens is 1. The molecule has 3 aromatic rings. The summed E-state index contributed by atoms with van der Waals surface area (Å²) in [6, 6.07) is 13.2. The summed E-state index contributed by atoms with van der Waals surface area (Å²) in [6.07, 6.45) is 2.35. The summed E-state index contributed by atoms with van der Waals surface area (Å²) in [6.45, 7) is 6.26. The Bertz CT molecular complexity index is 959. The van der Waals surface area contributed by atoms with Gasteiger partial charge in [0.25, 0.3) is 11.5 Å². The predicted octanol–water partition coefficient (Wildman–Crippen LogP) is 1.91. The lowest BCUT2D eigenvalue weighted by Crippen LogP contribution is -2.30. The average Bonchev–Trinajstić information content (AvgIpc) is 3.10. The van der Waals surface area contributed by atoms with Crippen LogP contribution in [0.1, 0.15) is 29.4 Å². The van der Waals surface area contributed by atoms with Crippen LogP contribution in [0.2, 0.25) is 0 Å². The van der Waals surface area contributed by atoms with Gasteiger partial charge in [0, 0.05) is 31.4 Å². The molecular formula is C20H24N6O2. The van der Waals surface area contributed by atoms with Gasteiger partial charge in [0.2, 0.25) is 0 Å². The van der Waals surface area contributed by atoms with Crippen LogP contribution in [0.25, 0.3) is 5.82 Å². The topological polar surface area (TPSA) is 95.9 Å². The largest absolute Gasteiger partial charge is 0.372 e. The van der Waals surface area contributed by atoms with Gasteiger partial charge in [-0.1, -0.05) is 18.2 Å². The van der Waals surface area contributed by atoms with E-state index in [9.17, 15) is 9.59 Å². The molecule has 1 aromatic carbocycles. The van der Waals surface area contributed by atoms with E-state index in [1.165, 1.54) is 22.6 Å². The van der Waals surface area contributed by atoms with Crippen LogP contribution in [0, 0.1) is 6.92 Å². The van der Waals surface area contributed by atoms with Gasteiger partial charge in [-0.05, 0) is 38.5 Å². The minimum absolute atomic E-state index is 0.170. The van der Waals surface area contributed by atoms with Gasteiger partial charge < -0.3 is 10.2 Å². The molecule has 2 aromatic heterocycles. The van der Waals surface area contributed by atoms with Gasteiger partial charge in [-0.25, -0.2) is 9.78 Å². The van der Waals surface area contributed by atoms with Crippen LogP contribution < -0.4 is 15.8 Å². The number of hydrogen-bond acceptors (Lipinski definition) is 5. The van der Waals surface area contributed by atoms with Crippen LogP contribution >= 0.6 is 0 Å². The zero-order valence-electron chi connectivity index (χ0n) is 16.1. The van der Waals surface area contributed by atoms with E-state index in [0.717, 1.165) is 19.5 Å². The van der Waals surface area contributed by atoms with E-state index in [4.69, 9.17) is 0 Å². The number of rotatable bonds is 8. The molecule has 0 fully saturated rings. The number of carbonyl (C=O) groups is 1. The number of nitrogens with zero attached hydrogens (tertiary/aromatic N) is 4. The molecule has 0 saturated heterocycles. The number of nitrogens with one attached hydrogen (secondary N) is 2. The zero-order chi connectivity index (χ0) is 19.9. The van der Waals surface area contributed by atoms with Crippen molar-refractivity contribution in [3.8, 4) is 5.82 Å². The molecular weight excluding hydrogens is 356 g/mol. The molecule has 8 heteroatoms. The minimum atomic E-state index is -0.289. The Balaban J connectivity index is 1.55. The molecule has 0 bridgehead atoms. The van der Waals surface area contributed by atoms with Crippen molar-refractivity contribution in [2.24, 2.45) is 0 Å². The Morgan fingerprint density at radius 1 is 1.21 bits per heavy atom. The number of anilines is 1. The highest BCUT2D eigenvalue weighted by Gasteiger charge is 2.15. The summed E-state index contributed by atoms with van der Waals surface area (Å²) in [5, 5.41) is 13.5. The molecule has 0 radical (unpaired) electrons. The minimum Gasteiger partial charge on any atom is -0.372 e. The van der Waals surface area contributed by atoms with Crippen molar-refractivity contribution in [2.45, 2.75) is 20.3 Å². The Kier molecular flexibility index (Phi) is 6.21. The number of para-hydroxylation sites is 1. The van der Waals surface area contributed by atoms with Gasteiger partial charge in [0.05, 0.1) is 17.5 Å². The highest BCUT2D eigenvalue weighted by molar-refractivity contribution is 5.95. The normalized spacial score (nSPS) is 10.6. The van der Waals surface area contributed by atoms with Crippen LogP contribution in [0.3, 0.4) is 0 Å². The molecule has 0 aliphatic rings. The van der Waals surface area contributed by atoms with Crippen LogP contribution in [0.15, 0.2) is 53.5 Å². The molecule has 1 amide bonds. The van der Waals surface area contributed by atoms with Gasteiger partial charge in [0.15, 0.2) is 5.82 Å². The molecule has 0 aliphatic heterocycles. The molecule has 0 aliphatic carbocycles. The molecule has 3 rings (SSSR count). The van der Waals surface area contributed by atoms with E-state index in [2.05, 4.69) is 44.6 Å². The first-order valence-electron chi connectivity index (χ1n) is 9.29. The molecule has 2 N–H and O–H groups in total.